The van der Waals surface area contributed by atoms with Crippen molar-refractivity contribution in [2.75, 3.05) is 0 Å². The van der Waals surface area contributed by atoms with Gasteiger partial charge in [-0.25, -0.2) is 4.39 Å². The second-order valence-electron chi connectivity index (χ2n) is 4.61. The molecule has 0 saturated carbocycles. The largest absolute Gasteiger partial charge is 0.416 e. The average Bonchev–Trinajstić information content (AvgIpc) is 2.44. The minimum absolute atomic E-state index is 0.130. The van der Waals surface area contributed by atoms with Crippen LogP contribution in [-0.4, -0.2) is 5.91 Å². The molecule has 0 atom stereocenters. The molecule has 2 nitrogen and oxygen atoms in total. The number of hydrogen-bond donors (Lipinski definition) is 1. The Kier molecular flexibility index (Phi) is 5.31. The smallest absolute Gasteiger partial charge is 0.348 e. The number of nitrogens with one attached hydrogen (secondary N) is 1. The Morgan fingerprint density at radius 2 is 1.87 bits per heavy atom. The van der Waals surface area contributed by atoms with Crippen LogP contribution in [0.4, 0.5) is 17.6 Å². The van der Waals surface area contributed by atoms with E-state index in [1.165, 1.54) is 12.1 Å². The Morgan fingerprint density at radius 1 is 1.17 bits per heavy atom. The summed E-state index contributed by atoms with van der Waals surface area (Å²) >= 11 is 9.09. The molecule has 2 rings (SSSR count). The SMILES string of the molecule is O=C(NCc1ccc(F)cc1C(F)(F)F)c1ccc(Br)cc1Cl. The molecule has 0 radical (unpaired) electrons. The summed E-state index contributed by atoms with van der Waals surface area (Å²) in [6, 6.07) is 6.81. The van der Waals surface area contributed by atoms with Crippen molar-refractivity contribution in [3.8, 4) is 0 Å². The number of alkyl halides is 3. The highest BCUT2D eigenvalue weighted by Gasteiger charge is 2.33. The van der Waals surface area contributed by atoms with Crippen LogP contribution in [0.25, 0.3) is 0 Å². The maximum absolute atomic E-state index is 13.0. The van der Waals surface area contributed by atoms with Gasteiger partial charge >= 0.3 is 6.18 Å². The van der Waals surface area contributed by atoms with Crippen LogP contribution < -0.4 is 5.32 Å². The topological polar surface area (TPSA) is 29.1 Å². The normalized spacial score (nSPS) is 11.4. The van der Waals surface area contributed by atoms with Crippen LogP contribution in [0.1, 0.15) is 21.5 Å². The van der Waals surface area contributed by atoms with Gasteiger partial charge in [-0.05, 0) is 35.9 Å². The van der Waals surface area contributed by atoms with E-state index in [9.17, 15) is 22.4 Å². The molecule has 8 heteroatoms. The number of amides is 1. The van der Waals surface area contributed by atoms with Crippen molar-refractivity contribution >= 4 is 33.4 Å². The first-order valence-electron chi connectivity index (χ1n) is 6.27. The number of carbonyl (C=O) groups excluding carboxylic acids is 1. The van der Waals surface area contributed by atoms with Crippen LogP contribution in [0.3, 0.4) is 0 Å². The highest BCUT2D eigenvalue weighted by atomic mass is 79.9. The maximum atomic E-state index is 13.0. The third-order valence-corrected chi connectivity index (χ3v) is 3.80. The maximum Gasteiger partial charge on any atom is 0.416 e. The lowest BCUT2D eigenvalue weighted by molar-refractivity contribution is -0.138. The molecule has 0 spiro atoms. The molecule has 1 N–H and O–H groups in total. The van der Waals surface area contributed by atoms with Crippen molar-refractivity contribution in [1.29, 1.82) is 0 Å². The van der Waals surface area contributed by atoms with Gasteiger partial charge in [0, 0.05) is 11.0 Å². The summed E-state index contributed by atoms with van der Waals surface area (Å²) in [6.07, 6.45) is -4.71. The molecule has 2 aromatic carbocycles. The average molecular weight is 411 g/mol. The summed E-state index contributed by atoms with van der Waals surface area (Å²) < 4.78 is 52.3. The summed E-state index contributed by atoms with van der Waals surface area (Å²) in [5.41, 5.74) is -1.23. The lowest BCUT2D eigenvalue weighted by Gasteiger charge is -2.14. The molecule has 0 aliphatic heterocycles. The third kappa shape index (κ3) is 4.45. The van der Waals surface area contributed by atoms with E-state index in [0.29, 0.717) is 10.5 Å². The molecule has 1 amide bonds. The van der Waals surface area contributed by atoms with Crippen molar-refractivity contribution in [3.63, 3.8) is 0 Å². The minimum Gasteiger partial charge on any atom is -0.348 e. The lowest BCUT2D eigenvalue weighted by Crippen LogP contribution is -2.25. The van der Waals surface area contributed by atoms with E-state index in [2.05, 4.69) is 21.2 Å². The van der Waals surface area contributed by atoms with Gasteiger partial charge in [-0.1, -0.05) is 33.6 Å². The molecule has 23 heavy (non-hydrogen) atoms. The van der Waals surface area contributed by atoms with E-state index in [0.717, 1.165) is 12.1 Å². The number of halogens is 6. The molecule has 2 aromatic rings. The van der Waals surface area contributed by atoms with E-state index in [4.69, 9.17) is 11.6 Å². The third-order valence-electron chi connectivity index (χ3n) is 2.99. The van der Waals surface area contributed by atoms with Crippen molar-refractivity contribution in [2.24, 2.45) is 0 Å². The fourth-order valence-corrected chi connectivity index (χ4v) is 2.67. The molecule has 0 aliphatic rings. The van der Waals surface area contributed by atoms with E-state index in [-0.39, 0.29) is 16.1 Å². The summed E-state index contributed by atoms with van der Waals surface area (Å²) in [6.45, 7) is -0.402. The minimum atomic E-state index is -4.71. The second kappa shape index (κ2) is 6.88. The highest BCUT2D eigenvalue weighted by Crippen LogP contribution is 2.32. The van der Waals surface area contributed by atoms with Crippen LogP contribution in [-0.2, 0) is 12.7 Å². The first kappa shape index (κ1) is 17.7. The Labute approximate surface area is 142 Å². The summed E-state index contributed by atoms with van der Waals surface area (Å²) in [5.74, 6) is -1.62. The molecule has 0 fully saturated rings. The zero-order valence-corrected chi connectivity index (χ0v) is 13.7. The molecule has 0 heterocycles. The van der Waals surface area contributed by atoms with Crippen LogP contribution in [0.5, 0.6) is 0 Å². The summed E-state index contributed by atoms with van der Waals surface area (Å²) in [4.78, 5) is 12.0. The predicted molar refractivity (Wildman–Crippen MR) is 81.7 cm³/mol. The van der Waals surface area contributed by atoms with Gasteiger partial charge in [0.2, 0.25) is 0 Å². The van der Waals surface area contributed by atoms with Gasteiger partial charge in [-0.15, -0.1) is 0 Å². The lowest BCUT2D eigenvalue weighted by atomic mass is 10.1. The van der Waals surface area contributed by atoms with E-state index < -0.39 is 30.0 Å². The van der Waals surface area contributed by atoms with Crippen molar-refractivity contribution < 1.29 is 22.4 Å². The van der Waals surface area contributed by atoms with Crippen LogP contribution in [0.15, 0.2) is 40.9 Å². The van der Waals surface area contributed by atoms with Gasteiger partial charge in [-0.3, -0.25) is 4.79 Å². The molecule has 0 saturated heterocycles. The quantitative estimate of drug-likeness (QED) is 0.693. The molecular weight excluding hydrogens is 402 g/mol. The first-order chi connectivity index (χ1) is 10.7. The van der Waals surface area contributed by atoms with Crippen LogP contribution in [0.2, 0.25) is 5.02 Å². The highest BCUT2D eigenvalue weighted by molar-refractivity contribution is 9.10. The molecule has 0 bridgehead atoms. The predicted octanol–water partition coefficient (Wildman–Crippen LogP) is 5.19. The van der Waals surface area contributed by atoms with Crippen molar-refractivity contribution in [2.45, 2.75) is 12.7 Å². The summed E-state index contributed by atoms with van der Waals surface area (Å²) in [7, 11) is 0. The Morgan fingerprint density at radius 3 is 2.48 bits per heavy atom. The zero-order valence-electron chi connectivity index (χ0n) is 11.3. The van der Waals surface area contributed by atoms with E-state index in [1.54, 1.807) is 6.07 Å². The van der Waals surface area contributed by atoms with Gasteiger partial charge in [0.05, 0.1) is 16.1 Å². The Hall–Kier alpha value is -1.60. The standard InChI is InChI=1S/C15H9BrClF4NO/c16-9-2-4-11(13(17)5-9)14(23)22-7-8-1-3-10(18)6-12(8)15(19,20)21/h1-6H,7H2,(H,22,23). The zero-order chi connectivity index (χ0) is 17.2. The molecule has 122 valence electrons. The van der Waals surface area contributed by atoms with Crippen LogP contribution >= 0.6 is 27.5 Å². The van der Waals surface area contributed by atoms with Crippen molar-refractivity contribution in [3.05, 3.63) is 68.4 Å². The van der Waals surface area contributed by atoms with Gasteiger partial charge in [0.15, 0.2) is 0 Å². The monoisotopic (exact) mass is 409 g/mol. The molecule has 0 aromatic heterocycles. The van der Waals surface area contributed by atoms with Crippen LogP contribution in [0, 0.1) is 5.82 Å². The Bertz CT molecular complexity index is 749. The van der Waals surface area contributed by atoms with Gasteiger partial charge in [0.1, 0.15) is 5.82 Å². The van der Waals surface area contributed by atoms with Gasteiger partial charge < -0.3 is 5.32 Å². The van der Waals surface area contributed by atoms with E-state index in [1.807, 2.05) is 0 Å². The fourth-order valence-electron chi connectivity index (χ4n) is 1.91. The first-order valence-corrected chi connectivity index (χ1v) is 7.44. The summed E-state index contributed by atoms with van der Waals surface area (Å²) in [5, 5.41) is 2.51. The van der Waals surface area contributed by atoms with Gasteiger partial charge in [-0.2, -0.15) is 13.2 Å². The molecular formula is C15H9BrClF4NO. The van der Waals surface area contributed by atoms with E-state index >= 15 is 0 Å². The molecule has 0 unspecified atom stereocenters. The van der Waals surface area contributed by atoms with Crippen molar-refractivity contribution in [1.82, 2.24) is 5.32 Å². The second-order valence-corrected chi connectivity index (χ2v) is 5.93. The number of hydrogen-bond acceptors (Lipinski definition) is 1. The molecule has 0 aliphatic carbocycles. The number of benzene rings is 2. The van der Waals surface area contributed by atoms with Gasteiger partial charge in [0.25, 0.3) is 5.91 Å². The number of rotatable bonds is 3. The number of carbonyl (C=O) groups is 1. The fraction of sp³-hybridized carbons (Fsp3) is 0.133. The Balaban J connectivity index is 2.19.